The van der Waals surface area contributed by atoms with Gasteiger partial charge in [0.2, 0.25) is 0 Å². The summed E-state index contributed by atoms with van der Waals surface area (Å²) in [6.07, 6.45) is 3.69. The number of hydrogen-bond donors (Lipinski definition) is 2. The number of nitrogens with one attached hydrogen (secondary N) is 2. The van der Waals surface area contributed by atoms with Crippen LogP contribution < -0.4 is 10.6 Å². The molecule has 0 amide bonds. The van der Waals surface area contributed by atoms with Gasteiger partial charge < -0.3 is 15.4 Å². The Morgan fingerprint density at radius 3 is 2.84 bits per heavy atom. The van der Waals surface area contributed by atoms with E-state index in [1.807, 2.05) is 6.92 Å². The van der Waals surface area contributed by atoms with Crippen LogP contribution in [0.15, 0.2) is 4.99 Å². The van der Waals surface area contributed by atoms with Crippen LogP contribution in [-0.2, 0) is 4.74 Å². The first kappa shape index (κ1) is 19.3. The Balaban J connectivity index is 0.00000324. The van der Waals surface area contributed by atoms with Gasteiger partial charge in [0, 0.05) is 31.6 Å². The van der Waals surface area contributed by atoms with Crippen molar-refractivity contribution in [2.45, 2.75) is 38.4 Å². The fourth-order valence-corrected chi connectivity index (χ4v) is 3.03. The molecule has 114 valence electrons. The second-order valence-corrected chi connectivity index (χ2v) is 5.74. The lowest BCUT2D eigenvalue weighted by Gasteiger charge is -2.12. The Morgan fingerprint density at radius 1 is 1.37 bits per heavy atom. The molecular formula is C13H28IN3OS. The molecule has 4 nitrogen and oxygen atoms in total. The normalized spacial score (nSPS) is 19.1. The Labute approximate surface area is 138 Å². The monoisotopic (exact) mass is 401 g/mol. The second kappa shape index (κ2) is 13.3. The first-order valence-electron chi connectivity index (χ1n) is 7.08. The minimum atomic E-state index is 0. The zero-order chi connectivity index (χ0) is 13.1. The number of rotatable bonds is 8. The summed E-state index contributed by atoms with van der Waals surface area (Å²) in [6, 6.07) is 0. The highest BCUT2D eigenvalue weighted by Gasteiger charge is 2.14. The maximum Gasteiger partial charge on any atom is 0.191 e. The Hall–Kier alpha value is 0.310. The number of aliphatic imine (C=N–C) groups is 1. The van der Waals surface area contributed by atoms with Gasteiger partial charge in [-0.2, -0.15) is 11.8 Å². The maximum absolute atomic E-state index is 5.31. The summed E-state index contributed by atoms with van der Waals surface area (Å²) in [5.41, 5.74) is 0. The maximum atomic E-state index is 5.31. The molecular weight excluding hydrogens is 373 g/mol. The van der Waals surface area contributed by atoms with E-state index in [9.17, 15) is 0 Å². The molecule has 0 aromatic carbocycles. The molecule has 6 heteroatoms. The molecule has 1 unspecified atom stereocenters. The molecule has 1 fully saturated rings. The summed E-state index contributed by atoms with van der Waals surface area (Å²) in [5.74, 6) is 2.25. The van der Waals surface area contributed by atoms with E-state index in [4.69, 9.17) is 4.74 Å². The molecule has 1 rings (SSSR count). The van der Waals surface area contributed by atoms with Gasteiger partial charge in [-0.1, -0.05) is 0 Å². The summed E-state index contributed by atoms with van der Waals surface area (Å²) < 4.78 is 5.31. The van der Waals surface area contributed by atoms with Crippen LogP contribution in [0.25, 0.3) is 0 Å². The Bertz CT molecular complexity index is 236. The van der Waals surface area contributed by atoms with Crippen LogP contribution in [0.5, 0.6) is 0 Å². The highest BCUT2D eigenvalue weighted by molar-refractivity contribution is 14.0. The third kappa shape index (κ3) is 9.79. The van der Waals surface area contributed by atoms with Gasteiger partial charge in [0.1, 0.15) is 0 Å². The average Bonchev–Trinajstić information content (AvgIpc) is 2.88. The molecule has 0 aromatic heterocycles. The topological polar surface area (TPSA) is 45.7 Å². The van der Waals surface area contributed by atoms with Gasteiger partial charge in [-0.05, 0) is 38.9 Å². The third-order valence-corrected chi connectivity index (χ3v) is 4.16. The molecule has 1 atom stereocenters. The van der Waals surface area contributed by atoms with E-state index in [1.165, 1.54) is 18.6 Å². The van der Waals surface area contributed by atoms with Crippen LogP contribution in [0, 0.1) is 0 Å². The molecule has 0 saturated carbocycles. The van der Waals surface area contributed by atoms with Crippen molar-refractivity contribution in [2.75, 3.05) is 38.6 Å². The predicted molar refractivity (Wildman–Crippen MR) is 96.0 cm³/mol. The zero-order valence-electron chi connectivity index (χ0n) is 12.1. The van der Waals surface area contributed by atoms with E-state index >= 15 is 0 Å². The second-order valence-electron chi connectivity index (χ2n) is 4.33. The quantitative estimate of drug-likeness (QED) is 0.284. The smallest absolute Gasteiger partial charge is 0.191 e. The third-order valence-electron chi connectivity index (χ3n) is 2.78. The van der Waals surface area contributed by atoms with Gasteiger partial charge >= 0.3 is 0 Å². The van der Waals surface area contributed by atoms with Crippen LogP contribution in [0.1, 0.15) is 33.1 Å². The number of halogens is 1. The van der Waals surface area contributed by atoms with Crippen molar-refractivity contribution in [3.63, 3.8) is 0 Å². The van der Waals surface area contributed by atoms with E-state index in [1.54, 1.807) is 0 Å². The van der Waals surface area contributed by atoms with Crippen molar-refractivity contribution >= 4 is 41.7 Å². The van der Waals surface area contributed by atoms with E-state index in [0.29, 0.717) is 0 Å². The standard InChI is InChI=1S/C13H27N3OS.HI/c1-3-14-13(15-8-6-9-17-4-2)16-11-12-7-5-10-18-12;/h12H,3-11H2,1-2H3,(H2,14,15,16);1H. The fourth-order valence-electron chi connectivity index (χ4n) is 1.85. The minimum absolute atomic E-state index is 0. The molecule has 0 radical (unpaired) electrons. The zero-order valence-corrected chi connectivity index (χ0v) is 15.3. The first-order chi connectivity index (χ1) is 8.86. The molecule has 0 bridgehead atoms. The van der Waals surface area contributed by atoms with Crippen molar-refractivity contribution < 1.29 is 4.74 Å². The Kier molecular flexibility index (Phi) is 13.5. The van der Waals surface area contributed by atoms with Crippen molar-refractivity contribution in [3.8, 4) is 0 Å². The molecule has 2 N–H and O–H groups in total. The molecule has 1 aliphatic heterocycles. The van der Waals surface area contributed by atoms with Crippen molar-refractivity contribution in [3.05, 3.63) is 0 Å². The van der Waals surface area contributed by atoms with Gasteiger partial charge in [0.05, 0.1) is 6.54 Å². The van der Waals surface area contributed by atoms with Gasteiger partial charge in [-0.25, -0.2) is 0 Å². The van der Waals surface area contributed by atoms with Crippen LogP contribution in [0.3, 0.4) is 0 Å². The number of hydrogen-bond acceptors (Lipinski definition) is 3. The molecule has 19 heavy (non-hydrogen) atoms. The lowest BCUT2D eigenvalue weighted by molar-refractivity contribution is 0.145. The van der Waals surface area contributed by atoms with E-state index in [2.05, 4.69) is 34.3 Å². The van der Waals surface area contributed by atoms with Gasteiger partial charge in [-0.3, -0.25) is 4.99 Å². The average molecular weight is 401 g/mol. The Morgan fingerprint density at radius 2 is 2.21 bits per heavy atom. The predicted octanol–water partition coefficient (Wildman–Crippen LogP) is 2.48. The van der Waals surface area contributed by atoms with Crippen molar-refractivity contribution in [1.29, 1.82) is 0 Å². The fraction of sp³-hybridized carbons (Fsp3) is 0.923. The summed E-state index contributed by atoms with van der Waals surface area (Å²) in [4.78, 5) is 4.65. The van der Waals surface area contributed by atoms with Crippen LogP contribution in [0.4, 0.5) is 0 Å². The van der Waals surface area contributed by atoms with Crippen LogP contribution in [-0.4, -0.2) is 49.8 Å². The highest BCUT2D eigenvalue weighted by atomic mass is 127. The number of nitrogens with zero attached hydrogens (tertiary/aromatic N) is 1. The largest absolute Gasteiger partial charge is 0.382 e. The first-order valence-corrected chi connectivity index (χ1v) is 8.13. The van der Waals surface area contributed by atoms with Crippen LogP contribution in [0.2, 0.25) is 0 Å². The van der Waals surface area contributed by atoms with E-state index in [-0.39, 0.29) is 24.0 Å². The molecule has 0 aromatic rings. The molecule has 0 spiro atoms. The van der Waals surface area contributed by atoms with Crippen molar-refractivity contribution in [2.24, 2.45) is 4.99 Å². The van der Waals surface area contributed by atoms with Gasteiger partial charge in [0.15, 0.2) is 5.96 Å². The number of thioether (sulfide) groups is 1. The summed E-state index contributed by atoms with van der Waals surface area (Å²) in [5, 5.41) is 7.37. The summed E-state index contributed by atoms with van der Waals surface area (Å²) in [6.45, 7) is 8.51. The lowest BCUT2D eigenvalue weighted by Crippen LogP contribution is -2.38. The summed E-state index contributed by atoms with van der Waals surface area (Å²) >= 11 is 2.05. The molecule has 1 aliphatic rings. The molecule has 0 aliphatic carbocycles. The lowest BCUT2D eigenvalue weighted by atomic mass is 10.2. The molecule has 1 saturated heterocycles. The SMILES string of the molecule is CCNC(=NCC1CCCS1)NCCCOCC.I. The number of guanidine groups is 1. The highest BCUT2D eigenvalue weighted by Crippen LogP contribution is 2.25. The molecule has 1 heterocycles. The van der Waals surface area contributed by atoms with E-state index < -0.39 is 0 Å². The van der Waals surface area contributed by atoms with E-state index in [0.717, 1.165) is 50.5 Å². The van der Waals surface area contributed by atoms with Crippen LogP contribution >= 0.6 is 35.7 Å². The van der Waals surface area contributed by atoms with Gasteiger partial charge in [0.25, 0.3) is 0 Å². The summed E-state index contributed by atoms with van der Waals surface area (Å²) in [7, 11) is 0. The van der Waals surface area contributed by atoms with Crippen molar-refractivity contribution in [1.82, 2.24) is 10.6 Å². The number of ether oxygens (including phenoxy) is 1. The van der Waals surface area contributed by atoms with Gasteiger partial charge in [-0.15, -0.1) is 24.0 Å². The minimum Gasteiger partial charge on any atom is -0.382 e.